The molecule has 0 radical (unpaired) electrons. The van der Waals surface area contributed by atoms with Crippen molar-refractivity contribution < 1.29 is 9.53 Å². The van der Waals surface area contributed by atoms with Crippen LogP contribution in [0.4, 0.5) is 11.4 Å². The maximum Gasteiger partial charge on any atom is 0.337 e. The highest BCUT2D eigenvalue weighted by Crippen LogP contribution is 2.30. The van der Waals surface area contributed by atoms with E-state index in [4.69, 9.17) is 11.5 Å². The fraction of sp³-hybridized carbons (Fsp3) is 0.0714. The number of rotatable bonds is 3. The van der Waals surface area contributed by atoms with E-state index in [0.717, 1.165) is 9.79 Å². The number of carbonyl (C=O) groups excluding carboxylic acids is 1. The highest BCUT2D eigenvalue weighted by atomic mass is 32.2. The fourth-order valence-corrected chi connectivity index (χ4v) is 2.40. The third kappa shape index (κ3) is 3.20. The van der Waals surface area contributed by atoms with E-state index in [9.17, 15) is 4.79 Å². The van der Waals surface area contributed by atoms with E-state index in [1.165, 1.54) is 7.11 Å². The zero-order valence-electron chi connectivity index (χ0n) is 10.4. The number of nitrogens with two attached hydrogens (primary N) is 2. The molecule has 0 heterocycles. The summed E-state index contributed by atoms with van der Waals surface area (Å²) in [6.07, 6.45) is 0. The van der Waals surface area contributed by atoms with Gasteiger partial charge in [-0.25, -0.2) is 4.79 Å². The Morgan fingerprint density at radius 3 is 2.21 bits per heavy atom. The van der Waals surface area contributed by atoms with Gasteiger partial charge in [0.2, 0.25) is 0 Å². The number of methoxy groups -OCH3 is 1. The molecule has 0 aromatic heterocycles. The van der Waals surface area contributed by atoms with E-state index in [1.54, 1.807) is 30.0 Å². The predicted octanol–water partition coefficient (Wildman–Crippen LogP) is 2.79. The van der Waals surface area contributed by atoms with Crippen LogP contribution in [-0.4, -0.2) is 13.1 Å². The molecule has 0 atom stereocenters. The standard InChI is InChI=1S/C14H14N2O2S/c1-18-14(17)9-2-4-10(5-3-9)19-11-6-7-12(15)13(16)8-11/h2-8H,15-16H2,1H3. The molecule has 0 unspecified atom stereocenters. The van der Waals surface area contributed by atoms with Crippen LogP contribution in [0.1, 0.15) is 10.4 Å². The first kappa shape index (κ1) is 13.3. The molecule has 2 aromatic rings. The summed E-state index contributed by atoms with van der Waals surface area (Å²) in [5, 5.41) is 0. The minimum absolute atomic E-state index is 0.340. The number of hydrogen-bond donors (Lipinski definition) is 2. The van der Waals surface area contributed by atoms with Gasteiger partial charge in [0.05, 0.1) is 24.0 Å². The lowest BCUT2D eigenvalue weighted by atomic mass is 10.2. The molecule has 4 N–H and O–H groups in total. The summed E-state index contributed by atoms with van der Waals surface area (Å²) in [6.45, 7) is 0. The minimum atomic E-state index is -0.340. The van der Waals surface area contributed by atoms with Crippen molar-refractivity contribution in [2.24, 2.45) is 0 Å². The summed E-state index contributed by atoms with van der Waals surface area (Å²) in [5.41, 5.74) is 13.1. The van der Waals surface area contributed by atoms with Gasteiger partial charge in [0.1, 0.15) is 0 Å². The third-order valence-electron chi connectivity index (χ3n) is 2.57. The van der Waals surface area contributed by atoms with Gasteiger partial charge in [0.15, 0.2) is 0 Å². The lowest BCUT2D eigenvalue weighted by Gasteiger charge is -2.05. The Balaban J connectivity index is 2.15. The van der Waals surface area contributed by atoms with Gasteiger partial charge in [-0.05, 0) is 42.5 Å². The van der Waals surface area contributed by atoms with Crippen LogP contribution in [0.5, 0.6) is 0 Å². The van der Waals surface area contributed by atoms with E-state index in [1.807, 2.05) is 24.3 Å². The van der Waals surface area contributed by atoms with Crippen LogP contribution in [0.25, 0.3) is 0 Å². The van der Waals surface area contributed by atoms with E-state index >= 15 is 0 Å². The van der Waals surface area contributed by atoms with Gasteiger partial charge in [-0.15, -0.1) is 0 Å². The average Bonchev–Trinajstić information content (AvgIpc) is 2.43. The summed E-state index contributed by atoms with van der Waals surface area (Å²) >= 11 is 1.55. The topological polar surface area (TPSA) is 78.3 Å². The highest BCUT2D eigenvalue weighted by molar-refractivity contribution is 7.99. The Bertz CT molecular complexity index is 597. The molecule has 5 heteroatoms. The van der Waals surface area contributed by atoms with E-state index in [-0.39, 0.29) is 5.97 Å². The Labute approximate surface area is 115 Å². The monoisotopic (exact) mass is 274 g/mol. The summed E-state index contributed by atoms with van der Waals surface area (Å²) in [6, 6.07) is 12.7. The molecule has 19 heavy (non-hydrogen) atoms. The molecular formula is C14H14N2O2S. The van der Waals surface area contributed by atoms with Gasteiger partial charge in [-0.2, -0.15) is 0 Å². The number of carbonyl (C=O) groups is 1. The first-order valence-corrected chi connectivity index (χ1v) is 6.43. The second-order valence-electron chi connectivity index (χ2n) is 3.91. The van der Waals surface area contributed by atoms with Crippen LogP contribution in [0, 0.1) is 0 Å². The second-order valence-corrected chi connectivity index (χ2v) is 5.06. The number of benzene rings is 2. The Morgan fingerprint density at radius 1 is 1.00 bits per heavy atom. The molecule has 0 fully saturated rings. The van der Waals surface area contributed by atoms with Crippen molar-refractivity contribution in [3.63, 3.8) is 0 Å². The van der Waals surface area contributed by atoms with Gasteiger partial charge in [-0.3, -0.25) is 0 Å². The molecule has 2 rings (SSSR count). The van der Waals surface area contributed by atoms with Crippen LogP contribution < -0.4 is 11.5 Å². The zero-order chi connectivity index (χ0) is 13.8. The van der Waals surface area contributed by atoms with Crippen molar-refractivity contribution in [3.05, 3.63) is 48.0 Å². The Hall–Kier alpha value is -2.14. The van der Waals surface area contributed by atoms with Crippen molar-refractivity contribution in [3.8, 4) is 0 Å². The minimum Gasteiger partial charge on any atom is -0.465 e. The van der Waals surface area contributed by atoms with Crippen LogP contribution in [0.15, 0.2) is 52.3 Å². The number of nitrogen functional groups attached to an aromatic ring is 2. The normalized spacial score (nSPS) is 10.2. The SMILES string of the molecule is COC(=O)c1ccc(Sc2ccc(N)c(N)c2)cc1. The average molecular weight is 274 g/mol. The fourth-order valence-electron chi connectivity index (χ4n) is 1.53. The maximum absolute atomic E-state index is 11.3. The summed E-state index contributed by atoms with van der Waals surface area (Å²) in [4.78, 5) is 13.3. The largest absolute Gasteiger partial charge is 0.465 e. The van der Waals surface area contributed by atoms with Gasteiger partial charge in [0, 0.05) is 9.79 Å². The molecule has 0 amide bonds. The molecule has 0 saturated heterocycles. The first-order chi connectivity index (χ1) is 9.10. The molecule has 0 spiro atoms. The van der Waals surface area contributed by atoms with E-state index in [2.05, 4.69) is 4.74 Å². The summed E-state index contributed by atoms with van der Waals surface area (Å²) in [7, 11) is 1.36. The van der Waals surface area contributed by atoms with Gasteiger partial charge < -0.3 is 16.2 Å². The third-order valence-corrected chi connectivity index (χ3v) is 3.57. The molecule has 4 nitrogen and oxygen atoms in total. The molecule has 0 aliphatic carbocycles. The van der Waals surface area contributed by atoms with Crippen molar-refractivity contribution in [1.29, 1.82) is 0 Å². The number of ether oxygens (including phenoxy) is 1. The lowest BCUT2D eigenvalue weighted by Crippen LogP contribution is -2.00. The van der Waals surface area contributed by atoms with Gasteiger partial charge >= 0.3 is 5.97 Å². The quantitative estimate of drug-likeness (QED) is 0.664. The molecule has 0 aliphatic rings. The van der Waals surface area contributed by atoms with E-state index in [0.29, 0.717) is 16.9 Å². The number of anilines is 2. The van der Waals surface area contributed by atoms with Gasteiger partial charge in [-0.1, -0.05) is 11.8 Å². The van der Waals surface area contributed by atoms with Crippen molar-refractivity contribution in [2.45, 2.75) is 9.79 Å². The number of esters is 1. The molecule has 0 saturated carbocycles. The maximum atomic E-state index is 11.3. The molecule has 0 aliphatic heterocycles. The lowest BCUT2D eigenvalue weighted by molar-refractivity contribution is 0.0600. The van der Waals surface area contributed by atoms with Crippen LogP contribution in [0.2, 0.25) is 0 Å². The highest BCUT2D eigenvalue weighted by Gasteiger charge is 2.05. The second kappa shape index (κ2) is 5.67. The molecule has 98 valence electrons. The van der Waals surface area contributed by atoms with Crippen LogP contribution >= 0.6 is 11.8 Å². The molecule has 0 bridgehead atoms. The van der Waals surface area contributed by atoms with Gasteiger partial charge in [0.25, 0.3) is 0 Å². The molecular weight excluding hydrogens is 260 g/mol. The number of hydrogen-bond acceptors (Lipinski definition) is 5. The summed E-state index contributed by atoms with van der Waals surface area (Å²) in [5.74, 6) is -0.340. The Kier molecular flexibility index (Phi) is 3.97. The Morgan fingerprint density at radius 2 is 1.63 bits per heavy atom. The van der Waals surface area contributed by atoms with Crippen molar-refractivity contribution >= 4 is 29.1 Å². The van der Waals surface area contributed by atoms with Crippen LogP contribution in [-0.2, 0) is 4.74 Å². The zero-order valence-corrected chi connectivity index (χ0v) is 11.2. The first-order valence-electron chi connectivity index (χ1n) is 5.61. The smallest absolute Gasteiger partial charge is 0.337 e. The van der Waals surface area contributed by atoms with Crippen LogP contribution in [0.3, 0.4) is 0 Å². The van der Waals surface area contributed by atoms with Crippen molar-refractivity contribution in [1.82, 2.24) is 0 Å². The van der Waals surface area contributed by atoms with Crippen molar-refractivity contribution in [2.75, 3.05) is 18.6 Å². The van der Waals surface area contributed by atoms with E-state index < -0.39 is 0 Å². The predicted molar refractivity (Wildman–Crippen MR) is 77.2 cm³/mol. The summed E-state index contributed by atoms with van der Waals surface area (Å²) < 4.78 is 4.65. The molecule has 2 aromatic carbocycles.